The molecule has 4 aromatic carbocycles. The zero-order valence-corrected chi connectivity index (χ0v) is 21.0. The standard InChI is InChI=1S/C32H21N3O5/c36-28(19-9-2-1-3-10-19)27-26(20-12-8-13-22(17-20)35(39)40)32(30(37)24-15-6-7-16-25(24)31(32)38)29-23-14-5-4-11-21(23)18-33-34(27)29/h1-18,26-27,29H/t26-,27+,29+/m1/s1. The van der Waals surface area contributed by atoms with E-state index in [-0.39, 0.29) is 22.6 Å². The van der Waals surface area contributed by atoms with Gasteiger partial charge in [-0.25, -0.2) is 0 Å². The number of carbonyl (C=O) groups is 3. The maximum atomic E-state index is 14.7. The summed E-state index contributed by atoms with van der Waals surface area (Å²) in [6, 6.07) is 26.6. The minimum Gasteiger partial charge on any atom is -0.293 e. The van der Waals surface area contributed by atoms with E-state index in [1.54, 1.807) is 71.9 Å². The Kier molecular flexibility index (Phi) is 5.15. The molecule has 1 fully saturated rings. The topological polar surface area (TPSA) is 110 Å². The largest absolute Gasteiger partial charge is 0.293 e. The lowest BCUT2D eigenvalue weighted by Crippen LogP contribution is -2.43. The van der Waals surface area contributed by atoms with Gasteiger partial charge in [-0.2, -0.15) is 5.10 Å². The number of rotatable bonds is 4. The van der Waals surface area contributed by atoms with E-state index in [0.29, 0.717) is 16.7 Å². The summed E-state index contributed by atoms with van der Waals surface area (Å²) in [5.41, 5.74) is 0.787. The number of hydrogen-bond donors (Lipinski definition) is 0. The fraction of sp³-hybridized carbons (Fsp3) is 0.125. The van der Waals surface area contributed by atoms with E-state index < -0.39 is 39.9 Å². The lowest BCUT2D eigenvalue weighted by molar-refractivity contribution is -0.384. The van der Waals surface area contributed by atoms with Crippen LogP contribution in [0.2, 0.25) is 0 Å². The second kappa shape index (κ2) is 8.64. The Morgan fingerprint density at radius 3 is 2.17 bits per heavy atom. The molecule has 2 heterocycles. The molecular formula is C32H21N3O5. The van der Waals surface area contributed by atoms with E-state index in [0.717, 1.165) is 5.56 Å². The molecule has 8 nitrogen and oxygen atoms in total. The van der Waals surface area contributed by atoms with E-state index in [1.165, 1.54) is 18.2 Å². The maximum absolute atomic E-state index is 14.7. The molecule has 4 aromatic rings. The highest BCUT2D eigenvalue weighted by atomic mass is 16.6. The molecule has 0 N–H and O–H groups in total. The first-order valence-electron chi connectivity index (χ1n) is 12.9. The van der Waals surface area contributed by atoms with Crippen molar-refractivity contribution in [2.75, 3.05) is 0 Å². The van der Waals surface area contributed by atoms with Crippen molar-refractivity contribution in [2.24, 2.45) is 10.5 Å². The predicted molar refractivity (Wildman–Crippen MR) is 147 cm³/mol. The molecule has 0 amide bonds. The molecule has 0 radical (unpaired) electrons. The number of hydrazone groups is 1. The van der Waals surface area contributed by atoms with Crippen molar-refractivity contribution in [3.05, 3.63) is 147 Å². The van der Waals surface area contributed by atoms with Crippen LogP contribution in [0.3, 0.4) is 0 Å². The van der Waals surface area contributed by atoms with Gasteiger partial charge in [0.2, 0.25) is 0 Å². The average Bonchev–Trinajstić information content (AvgIpc) is 3.43. The zero-order valence-electron chi connectivity index (χ0n) is 21.0. The summed E-state index contributed by atoms with van der Waals surface area (Å²) in [5.74, 6) is -2.20. The van der Waals surface area contributed by atoms with Crippen LogP contribution in [-0.2, 0) is 0 Å². The molecule has 3 atom stereocenters. The van der Waals surface area contributed by atoms with E-state index in [1.807, 2.05) is 24.3 Å². The lowest BCUT2D eigenvalue weighted by Gasteiger charge is -2.36. The Morgan fingerprint density at radius 1 is 0.825 bits per heavy atom. The van der Waals surface area contributed by atoms with E-state index >= 15 is 0 Å². The third-order valence-corrected chi connectivity index (χ3v) is 8.34. The number of Topliss-reactive ketones (excluding diaryl/α,β-unsaturated/α-hetero) is 3. The van der Waals surface area contributed by atoms with Crippen LogP contribution in [0.25, 0.3) is 0 Å². The number of nitro benzene ring substituents is 1. The summed E-state index contributed by atoms with van der Waals surface area (Å²) < 4.78 is 0. The Bertz CT molecular complexity index is 1750. The molecule has 0 unspecified atom stereocenters. The molecular weight excluding hydrogens is 506 g/mol. The molecule has 2 aliphatic heterocycles. The first-order valence-corrected chi connectivity index (χ1v) is 12.9. The molecule has 8 heteroatoms. The van der Waals surface area contributed by atoms with Crippen LogP contribution < -0.4 is 0 Å². The number of benzene rings is 4. The van der Waals surface area contributed by atoms with Gasteiger partial charge in [0.05, 0.1) is 17.2 Å². The summed E-state index contributed by atoms with van der Waals surface area (Å²) in [4.78, 5) is 55.0. The van der Waals surface area contributed by atoms with E-state index in [2.05, 4.69) is 0 Å². The molecule has 1 saturated heterocycles. The van der Waals surface area contributed by atoms with Gasteiger partial charge >= 0.3 is 0 Å². The smallest absolute Gasteiger partial charge is 0.269 e. The van der Waals surface area contributed by atoms with Crippen molar-refractivity contribution in [1.29, 1.82) is 0 Å². The van der Waals surface area contributed by atoms with Crippen LogP contribution in [-0.4, -0.2) is 39.5 Å². The Labute approximate surface area is 228 Å². The normalized spacial score (nSPS) is 21.7. The highest BCUT2D eigenvalue weighted by Gasteiger charge is 2.72. The fourth-order valence-corrected chi connectivity index (χ4v) is 6.75. The number of ketones is 3. The maximum Gasteiger partial charge on any atom is 0.269 e. The Morgan fingerprint density at radius 2 is 1.48 bits per heavy atom. The Balaban J connectivity index is 1.57. The van der Waals surface area contributed by atoms with Crippen LogP contribution in [0, 0.1) is 15.5 Å². The van der Waals surface area contributed by atoms with Crippen LogP contribution in [0.4, 0.5) is 5.69 Å². The molecule has 0 bridgehead atoms. The van der Waals surface area contributed by atoms with E-state index in [9.17, 15) is 24.5 Å². The number of nitrogens with zero attached hydrogens (tertiary/aromatic N) is 3. The monoisotopic (exact) mass is 527 g/mol. The molecule has 7 rings (SSSR count). The van der Waals surface area contributed by atoms with Crippen molar-refractivity contribution in [3.63, 3.8) is 0 Å². The van der Waals surface area contributed by atoms with Gasteiger partial charge in [0, 0.05) is 34.7 Å². The summed E-state index contributed by atoms with van der Waals surface area (Å²) >= 11 is 0. The molecule has 1 spiro atoms. The molecule has 194 valence electrons. The third-order valence-electron chi connectivity index (χ3n) is 8.34. The zero-order chi connectivity index (χ0) is 27.6. The predicted octanol–water partition coefficient (Wildman–Crippen LogP) is 5.40. The Hall–Kier alpha value is -5.24. The summed E-state index contributed by atoms with van der Waals surface area (Å²) in [5, 5.41) is 18.1. The van der Waals surface area contributed by atoms with Gasteiger partial charge < -0.3 is 0 Å². The van der Waals surface area contributed by atoms with Crippen LogP contribution in [0.5, 0.6) is 0 Å². The number of fused-ring (bicyclic) bond motifs is 5. The molecule has 0 saturated carbocycles. The molecule has 3 aliphatic rings. The molecule has 40 heavy (non-hydrogen) atoms. The van der Waals surface area contributed by atoms with Crippen LogP contribution in [0.15, 0.2) is 108 Å². The van der Waals surface area contributed by atoms with Crippen LogP contribution in [0.1, 0.15) is 59.7 Å². The first kappa shape index (κ1) is 23.8. The van der Waals surface area contributed by atoms with Crippen LogP contribution >= 0.6 is 0 Å². The van der Waals surface area contributed by atoms with Crippen molar-refractivity contribution < 1.29 is 19.3 Å². The van der Waals surface area contributed by atoms with Crippen molar-refractivity contribution in [3.8, 4) is 0 Å². The number of nitro groups is 1. The van der Waals surface area contributed by atoms with Gasteiger partial charge in [-0.05, 0) is 16.7 Å². The number of non-ortho nitro benzene ring substituents is 1. The van der Waals surface area contributed by atoms with Gasteiger partial charge in [0.1, 0.15) is 11.5 Å². The van der Waals surface area contributed by atoms with Gasteiger partial charge in [-0.3, -0.25) is 29.5 Å². The second-order valence-electron chi connectivity index (χ2n) is 10.2. The summed E-state index contributed by atoms with van der Waals surface area (Å²) in [7, 11) is 0. The third kappa shape index (κ3) is 3.07. The second-order valence-corrected chi connectivity index (χ2v) is 10.2. The summed E-state index contributed by atoms with van der Waals surface area (Å²) in [6.07, 6.45) is 1.64. The quantitative estimate of drug-likeness (QED) is 0.152. The van der Waals surface area contributed by atoms with Gasteiger partial charge in [-0.15, -0.1) is 0 Å². The van der Waals surface area contributed by atoms with E-state index in [4.69, 9.17) is 5.10 Å². The molecule has 0 aromatic heterocycles. The number of carbonyl (C=O) groups excluding carboxylic acids is 3. The van der Waals surface area contributed by atoms with Gasteiger partial charge in [0.15, 0.2) is 17.3 Å². The summed E-state index contributed by atoms with van der Waals surface area (Å²) in [6.45, 7) is 0. The lowest BCUT2D eigenvalue weighted by atomic mass is 9.63. The first-order chi connectivity index (χ1) is 19.4. The number of hydrogen-bond acceptors (Lipinski definition) is 7. The highest BCUT2D eigenvalue weighted by Crippen LogP contribution is 2.64. The van der Waals surface area contributed by atoms with Gasteiger partial charge in [-0.1, -0.05) is 91.0 Å². The molecule has 1 aliphatic carbocycles. The van der Waals surface area contributed by atoms with Crippen molar-refractivity contribution in [2.45, 2.75) is 18.0 Å². The van der Waals surface area contributed by atoms with Crippen molar-refractivity contribution >= 4 is 29.3 Å². The van der Waals surface area contributed by atoms with Crippen molar-refractivity contribution in [1.82, 2.24) is 5.01 Å². The average molecular weight is 528 g/mol. The minimum absolute atomic E-state index is 0.192. The highest BCUT2D eigenvalue weighted by molar-refractivity contribution is 6.31. The fourth-order valence-electron chi connectivity index (χ4n) is 6.75. The van der Waals surface area contributed by atoms with Gasteiger partial charge in [0.25, 0.3) is 5.69 Å². The SMILES string of the molecule is O=C(c1ccccc1)[C@@H]1[C@@H](c2cccc([N+](=O)[O-])c2)C2(C(=O)c3ccccc3C2=O)[C@@H]2c3ccccc3C=NN12. The minimum atomic E-state index is -1.78.